The fourth-order valence-electron chi connectivity index (χ4n) is 2.76. The number of carbonyl (C=O) groups is 4. The molecule has 0 aliphatic carbocycles. The lowest BCUT2D eigenvalue weighted by Crippen LogP contribution is -2.32. The number of halogens is 1. The maximum absolute atomic E-state index is 12.4. The van der Waals surface area contributed by atoms with E-state index in [4.69, 9.17) is 16.3 Å². The molecule has 0 fully saturated rings. The van der Waals surface area contributed by atoms with Crippen molar-refractivity contribution in [1.82, 2.24) is 9.88 Å². The van der Waals surface area contributed by atoms with Crippen molar-refractivity contribution in [3.05, 3.63) is 62.9 Å². The SMILES string of the molecule is O=C(COC(=O)CCN1C(=O)c2cccc([N+](=O)[O-])c2C1=O)Nc1cccnc1Cl. The Morgan fingerprint density at radius 1 is 1.20 bits per heavy atom. The van der Waals surface area contributed by atoms with Crippen molar-refractivity contribution in [2.45, 2.75) is 6.42 Å². The normalized spacial score (nSPS) is 12.5. The summed E-state index contributed by atoms with van der Waals surface area (Å²) in [5.41, 5.74) is -0.654. The standard InChI is InChI=1S/C18H13ClN4O7/c19-16-11(4-2-7-20-16)21-13(24)9-30-14(25)6-8-22-17(26)10-3-1-5-12(23(28)29)15(10)18(22)27/h1-5,7H,6,8-9H2,(H,21,24). The van der Waals surface area contributed by atoms with Crippen molar-refractivity contribution < 1.29 is 28.8 Å². The summed E-state index contributed by atoms with van der Waals surface area (Å²) in [5.74, 6) is -3.10. The van der Waals surface area contributed by atoms with Crippen molar-refractivity contribution in [3.63, 3.8) is 0 Å². The fourth-order valence-corrected chi connectivity index (χ4v) is 2.92. The molecule has 1 aliphatic rings. The second-order valence-corrected chi connectivity index (χ2v) is 6.38. The molecule has 1 aromatic heterocycles. The topological polar surface area (TPSA) is 149 Å². The highest BCUT2D eigenvalue weighted by atomic mass is 35.5. The lowest BCUT2D eigenvalue weighted by Gasteiger charge is -2.13. The Morgan fingerprint density at radius 3 is 2.67 bits per heavy atom. The summed E-state index contributed by atoms with van der Waals surface area (Å²) >= 11 is 5.80. The zero-order valence-corrected chi connectivity index (χ0v) is 15.9. The summed E-state index contributed by atoms with van der Waals surface area (Å²) in [4.78, 5) is 63.3. The first kappa shape index (κ1) is 20.9. The Hall–Kier alpha value is -3.86. The third-order valence-electron chi connectivity index (χ3n) is 4.11. The number of hydrogen-bond donors (Lipinski definition) is 1. The minimum atomic E-state index is -0.862. The smallest absolute Gasteiger partial charge is 0.308 e. The number of anilines is 1. The van der Waals surface area contributed by atoms with Gasteiger partial charge >= 0.3 is 5.97 Å². The summed E-state index contributed by atoms with van der Waals surface area (Å²) in [6.07, 6.45) is 1.05. The first-order valence-corrected chi connectivity index (χ1v) is 8.87. The van der Waals surface area contributed by atoms with Crippen LogP contribution < -0.4 is 5.32 Å². The third-order valence-corrected chi connectivity index (χ3v) is 4.41. The van der Waals surface area contributed by atoms with Gasteiger partial charge in [-0.2, -0.15) is 0 Å². The highest BCUT2D eigenvalue weighted by Gasteiger charge is 2.40. The van der Waals surface area contributed by atoms with Crippen molar-refractivity contribution in [3.8, 4) is 0 Å². The van der Waals surface area contributed by atoms with Crippen molar-refractivity contribution in [2.75, 3.05) is 18.5 Å². The number of hydrogen-bond acceptors (Lipinski definition) is 8. The van der Waals surface area contributed by atoms with E-state index in [1.807, 2.05) is 0 Å². The van der Waals surface area contributed by atoms with Gasteiger partial charge in [0.2, 0.25) is 0 Å². The highest BCUT2D eigenvalue weighted by Crippen LogP contribution is 2.30. The van der Waals surface area contributed by atoms with E-state index in [1.54, 1.807) is 6.07 Å². The van der Waals surface area contributed by atoms with Crippen molar-refractivity contribution in [2.24, 2.45) is 0 Å². The number of nitrogens with one attached hydrogen (secondary N) is 1. The lowest BCUT2D eigenvalue weighted by molar-refractivity contribution is -0.385. The Morgan fingerprint density at radius 2 is 1.97 bits per heavy atom. The number of aromatic nitrogens is 1. The molecular formula is C18H13ClN4O7. The number of nitro groups is 1. The molecule has 0 saturated heterocycles. The summed E-state index contributed by atoms with van der Waals surface area (Å²) in [6.45, 7) is -0.962. The van der Waals surface area contributed by atoms with E-state index in [9.17, 15) is 29.3 Å². The Bertz CT molecular complexity index is 1070. The van der Waals surface area contributed by atoms with E-state index in [2.05, 4.69) is 10.3 Å². The largest absolute Gasteiger partial charge is 0.456 e. The fraction of sp³-hybridized carbons (Fsp3) is 0.167. The molecule has 0 saturated carbocycles. The predicted octanol–water partition coefficient (Wildman–Crippen LogP) is 1.81. The van der Waals surface area contributed by atoms with Crippen LogP contribution in [0.2, 0.25) is 5.15 Å². The summed E-state index contributed by atoms with van der Waals surface area (Å²) in [5, 5.41) is 13.6. The number of nitro benzene ring substituents is 1. The van der Waals surface area contributed by atoms with Gasteiger partial charge in [0.25, 0.3) is 23.4 Å². The first-order chi connectivity index (χ1) is 14.3. The molecule has 30 heavy (non-hydrogen) atoms. The summed E-state index contributed by atoms with van der Waals surface area (Å²) in [6, 6.07) is 6.78. The van der Waals surface area contributed by atoms with Gasteiger partial charge in [-0.15, -0.1) is 0 Å². The lowest BCUT2D eigenvalue weighted by atomic mass is 10.1. The average Bonchev–Trinajstić information content (AvgIpc) is 2.96. The molecule has 2 aromatic rings. The molecule has 3 amide bonds. The molecule has 1 aromatic carbocycles. The minimum Gasteiger partial charge on any atom is -0.456 e. The van der Waals surface area contributed by atoms with Crippen molar-refractivity contribution >= 4 is 46.7 Å². The molecule has 1 aliphatic heterocycles. The van der Waals surface area contributed by atoms with Crippen LogP contribution >= 0.6 is 11.6 Å². The van der Waals surface area contributed by atoms with Crippen LogP contribution in [-0.2, 0) is 14.3 Å². The van der Waals surface area contributed by atoms with E-state index < -0.39 is 40.9 Å². The number of fused-ring (bicyclic) bond motifs is 1. The number of rotatable bonds is 7. The van der Waals surface area contributed by atoms with Crippen LogP contribution in [0.5, 0.6) is 0 Å². The molecule has 0 bridgehead atoms. The van der Waals surface area contributed by atoms with Gasteiger partial charge in [-0.3, -0.25) is 34.2 Å². The zero-order chi connectivity index (χ0) is 21.8. The van der Waals surface area contributed by atoms with Crippen LogP contribution in [0.1, 0.15) is 27.1 Å². The molecule has 0 atom stereocenters. The molecule has 154 valence electrons. The maximum Gasteiger partial charge on any atom is 0.308 e. The van der Waals surface area contributed by atoms with Crippen molar-refractivity contribution in [1.29, 1.82) is 0 Å². The average molecular weight is 433 g/mol. The number of ether oxygens (including phenoxy) is 1. The molecule has 3 rings (SSSR count). The molecule has 0 unspecified atom stereocenters. The van der Waals surface area contributed by atoms with Crippen LogP contribution in [0.25, 0.3) is 0 Å². The van der Waals surface area contributed by atoms with Gasteiger partial charge in [-0.1, -0.05) is 17.7 Å². The third kappa shape index (κ3) is 4.25. The Balaban J connectivity index is 1.54. The van der Waals surface area contributed by atoms with E-state index in [0.29, 0.717) is 0 Å². The van der Waals surface area contributed by atoms with Gasteiger partial charge < -0.3 is 10.1 Å². The molecule has 12 heteroatoms. The second-order valence-electron chi connectivity index (χ2n) is 6.02. The first-order valence-electron chi connectivity index (χ1n) is 8.49. The minimum absolute atomic E-state index is 0.0666. The molecule has 11 nitrogen and oxygen atoms in total. The number of pyridine rings is 1. The van der Waals surface area contributed by atoms with E-state index >= 15 is 0 Å². The van der Waals surface area contributed by atoms with Gasteiger partial charge in [0, 0.05) is 18.8 Å². The van der Waals surface area contributed by atoms with E-state index in [-0.39, 0.29) is 34.9 Å². The molecule has 1 N–H and O–H groups in total. The summed E-state index contributed by atoms with van der Waals surface area (Å²) in [7, 11) is 0. The maximum atomic E-state index is 12.4. The van der Waals surface area contributed by atoms with Gasteiger partial charge in [0.05, 0.1) is 22.6 Å². The van der Waals surface area contributed by atoms with Crippen LogP contribution in [0.3, 0.4) is 0 Å². The molecule has 2 heterocycles. The van der Waals surface area contributed by atoms with Crippen LogP contribution in [0.4, 0.5) is 11.4 Å². The monoisotopic (exact) mass is 432 g/mol. The number of amides is 3. The Kier molecular flexibility index (Phi) is 6.02. The molecular weight excluding hydrogens is 420 g/mol. The highest BCUT2D eigenvalue weighted by molar-refractivity contribution is 6.32. The zero-order valence-electron chi connectivity index (χ0n) is 15.2. The van der Waals surface area contributed by atoms with Crippen LogP contribution in [-0.4, -0.2) is 51.6 Å². The van der Waals surface area contributed by atoms with Gasteiger partial charge in [0.1, 0.15) is 5.56 Å². The number of esters is 1. The summed E-state index contributed by atoms with van der Waals surface area (Å²) < 4.78 is 4.81. The van der Waals surface area contributed by atoms with E-state index in [1.165, 1.54) is 24.4 Å². The Labute approximate surface area is 173 Å². The molecule has 0 spiro atoms. The predicted molar refractivity (Wildman–Crippen MR) is 102 cm³/mol. The number of nitrogens with zero attached hydrogens (tertiary/aromatic N) is 3. The second kappa shape index (κ2) is 8.66. The number of carbonyl (C=O) groups excluding carboxylic acids is 4. The van der Waals surface area contributed by atoms with Crippen LogP contribution in [0.15, 0.2) is 36.5 Å². The van der Waals surface area contributed by atoms with E-state index in [0.717, 1.165) is 11.0 Å². The number of benzene rings is 1. The van der Waals surface area contributed by atoms with Gasteiger partial charge in [-0.25, -0.2) is 4.98 Å². The molecule has 0 radical (unpaired) electrons. The van der Waals surface area contributed by atoms with Gasteiger partial charge in [-0.05, 0) is 18.2 Å². The number of imide groups is 1. The van der Waals surface area contributed by atoms with Crippen LogP contribution in [0, 0.1) is 10.1 Å². The quantitative estimate of drug-likeness (QED) is 0.229. The van der Waals surface area contributed by atoms with Gasteiger partial charge in [0.15, 0.2) is 11.8 Å².